The van der Waals surface area contributed by atoms with Crippen LogP contribution < -0.4 is 0 Å². The van der Waals surface area contributed by atoms with Crippen molar-refractivity contribution in [3.05, 3.63) is 12.2 Å². The summed E-state index contributed by atoms with van der Waals surface area (Å²) in [4.78, 5) is 25.4. The molecule has 0 saturated carbocycles. The first-order chi connectivity index (χ1) is 14.6. The van der Waals surface area contributed by atoms with Gasteiger partial charge < -0.3 is 10.0 Å². The largest absolute Gasteiger partial charge is 0.481 e. The first kappa shape index (κ1) is 28.7. The highest BCUT2D eigenvalue weighted by molar-refractivity contribution is 5.83. The maximum absolute atomic E-state index is 12.5. The van der Waals surface area contributed by atoms with E-state index in [4.69, 9.17) is 5.11 Å². The zero-order valence-corrected chi connectivity index (χ0v) is 20.2. The summed E-state index contributed by atoms with van der Waals surface area (Å²) in [5, 5.41) is 9.12. The molecule has 0 bridgehead atoms. The van der Waals surface area contributed by atoms with Crippen molar-refractivity contribution in [3.8, 4) is 0 Å². The molecule has 1 amide bonds. The Kier molecular flexibility index (Phi) is 20.0. The minimum atomic E-state index is -0.868. The molecule has 0 aromatic heterocycles. The maximum atomic E-state index is 12.5. The van der Waals surface area contributed by atoms with Gasteiger partial charge in [-0.25, -0.2) is 0 Å². The summed E-state index contributed by atoms with van der Waals surface area (Å²) < 4.78 is 0. The fraction of sp³-hybridized carbons (Fsp3) is 0.846. The summed E-state index contributed by atoms with van der Waals surface area (Å²) in [5.74, 6) is -1.21. The van der Waals surface area contributed by atoms with Crippen LogP contribution in [0, 0.1) is 5.92 Å². The van der Waals surface area contributed by atoms with Crippen LogP contribution in [0.15, 0.2) is 12.2 Å². The normalized spacial score (nSPS) is 12.4. The lowest BCUT2D eigenvalue weighted by Crippen LogP contribution is -2.36. The van der Waals surface area contributed by atoms with Gasteiger partial charge in [0.25, 0.3) is 0 Å². The number of hydrogen-bond donors (Lipinski definition) is 1. The summed E-state index contributed by atoms with van der Waals surface area (Å²) in [6, 6.07) is 0. The predicted octanol–water partition coefficient (Wildman–Crippen LogP) is 7.37. The molecule has 1 N–H and O–H groups in total. The molecule has 4 heteroatoms. The van der Waals surface area contributed by atoms with Gasteiger partial charge in [-0.2, -0.15) is 0 Å². The molecule has 0 aromatic rings. The van der Waals surface area contributed by atoms with Crippen LogP contribution in [0.1, 0.15) is 124 Å². The second kappa shape index (κ2) is 20.9. The zero-order chi connectivity index (χ0) is 22.5. The Morgan fingerprint density at radius 1 is 0.733 bits per heavy atom. The Labute approximate surface area is 186 Å². The minimum Gasteiger partial charge on any atom is -0.481 e. The summed E-state index contributed by atoms with van der Waals surface area (Å²) in [6.45, 7) is 7.44. The van der Waals surface area contributed by atoms with Gasteiger partial charge in [0.15, 0.2) is 0 Å². The average Bonchev–Trinajstić information content (AvgIpc) is 2.73. The number of carboxylic acid groups (broad SMARTS) is 1. The molecule has 0 aliphatic carbocycles. The van der Waals surface area contributed by atoms with Gasteiger partial charge in [-0.15, -0.1) is 0 Å². The van der Waals surface area contributed by atoms with Gasteiger partial charge in [0, 0.05) is 19.0 Å². The highest BCUT2D eigenvalue weighted by atomic mass is 16.4. The van der Waals surface area contributed by atoms with E-state index in [1.807, 2.05) is 13.8 Å². The molecular weight excluding hydrogens is 374 g/mol. The lowest BCUT2D eigenvalue weighted by atomic mass is 9.95. The van der Waals surface area contributed by atoms with Gasteiger partial charge in [0.05, 0.1) is 6.42 Å². The lowest BCUT2D eigenvalue weighted by molar-refractivity contribution is -0.144. The summed E-state index contributed by atoms with van der Waals surface area (Å²) >= 11 is 0. The number of carbonyl (C=O) groups is 2. The quantitative estimate of drug-likeness (QED) is 0.155. The number of unbranched alkanes of at least 4 members (excludes halogenated alkanes) is 12. The summed E-state index contributed by atoms with van der Waals surface area (Å²) in [7, 11) is 0. The number of allylic oxidation sites excluding steroid dienone is 2. The van der Waals surface area contributed by atoms with Crippen LogP contribution in [0.5, 0.6) is 0 Å². The van der Waals surface area contributed by atoms with E-state index in [9.17, 15) is 9.59 Å². The van der Waals surface area contributed by atoms with Crippen molar-refractivity contribution in [2.75, 3.05) is 13.1 Å². The van der Waals surface area contributed by atoms with Crippen LogP contribution in [0.25, 0.3) is 0 Å². The van der Waals surface area contributed by atoms with Crippen LogP contribution >= 0.6 is 0 Å². The third-order valence-corrected chi connectivity index (χ3v) is 5.91. The molecule has 0 aliphatic heterocycles. The first-order valence-electron chi connectivity index (χ1n) is 12.7. The molecule has 0 fully saturated rings. The Morgan fingerprint density at radius 2 is 1.20 bits per heavy atom. The van der Waals surface area contributed by atoms with Crippen molar-refractivity contribution >= 4 is 11.9 Å². The van der Waals surface area contributed by atoms with Crippen LogP contribution in [0.4, 0.5) is 0 Å². The van der Waals surface area contributed by atoms with E-state index in [0.717, 1.165) is 12.8 Å². The van der Waals surface area contributed by atoms with Gasteiger partial charge >= 0.3 is 5.97 Å². The number of carbonyl (C=O) groups excluding carboxylic acids is 1. The Morgan fingerprint density at radius 3 is 1.67 bits per heavy atom. The second-order valence-corrected chi connectivity index (χ2v) is 8.53. The fourth-order valence-corrected chi connectivity index (χ4v) is 3.94. The number of rotatable bonds is 21. The SMILES string of the molecule is CCCC/C=C/CCCCCCCCCCCCC(CC(=O)O)C(=O)N(CC)CC. The number of aliphatic carboxylic acids is 1. The van der Waals surface area contributed by atoms with E-state index in [1.165, 1.54) is 77.0 Å². The van der Waals surface area contributed by atoms with Crippen LogP contribution in [-0.4, -0.2) is 35.0 Å². The molecule has 0 saturated heterocycles. The van der Waals surface area contributed by atoms with Crippen LogP contribution in [0.3, 0.4) is 0 Å². The van der Waals surface area contributed by atoms with Crippen molar-refractivity contribution in [2.24, 2.45) is 5.92 Å². The molecule has 0 spiro atoms. The fourth-order valence-electron chi connectivity index (χ4n) is 3.94. The van der Waals surface area contributed by atoms with E-state index >= 15 is 0 Å². The van der Waals surface area contributed by atoms with E-state index < -0.39 is 5.97 Å². The Hall–Kier alpha value is -1.32. The highest BCUT2D eigenvalue weighted by Crippen LogP contribution is 2.19. The zero-order valence-electron chi connectivity index (χ0n) is 20.2. The topological polar surface area (TPSA) is 57.6 Å². The minimum absolute atomic E-state index is 0.0128. The van der Waals surface area contributed by atoms with Crippen molar-refractivity contribution in [2.45, 2.75) is 124 Å². The third kappa shape index (κ3) is 16.5. The molecule has 4 nitrogen and oxygen atoms in total. The smallest absolute Gasteiger partial charge is 0.304 e. The van der Waals surface area contributed by atoms with Crippen LogP contribution in [-0.2, 0) is 9.59 Å². The standard InChI is InChI=1S/C26H49NO3/c1-4-7-8-9-10-11-12-13-14-15-16-17-18-19-20-21-22-24(23-25(28)29)26(30)27(5-2)6-3/h9-10,24H,4-8,11-23H2,1-3H3,(H,28,29)/b10-9+. The molecule has 0 heterocycles. The molecule has 30 heavy (non-hydrogen) atoms. The molecule has 1 unspecified atom stereocenters. The van der Waals surface area contributed by atoms with E-state index in [2.05, 4.69) is 19.1 Å². The van der Waals surface area contributed by atoms with E-state index in [1.54, 1.807) is 4.90 Å². The average molecular weight is 424 g/mol. The van der Waals surface area contributed by atoms with E-state index in [0.29, 0.717) is 19.5 Å². The third-order valence-electron chi connectivity index (χ3n) is 5.91. The lowest BCUT2D eigenvalue weighted by Gasteiger charge is -2.24. The molecule has 176 valence electrons. The molecule has 0 radical (unpaired) electrons. The van der Waals surface area contributed by atoms with Crippen molar-refractivity contribution in [1.82, 2.24) is 4.90 Å². The van der Waals surface area contributed by atoms with Gasteiger partial charge in [-0.3, -0.25) is 9.59 Å². The Bertz CT molecular complexity index is 444. The van der Waals surface area contributed by atoms with Crippen molar-refractivity contribution < 1.29 is 14.7 Å². The summed E-state index contributed by atoms with van der Waals surface area (Å²) in [5.41, 5.74) is 0. The van der Waals surface area contributed by atoms with E-state index in [-0.39, 0.29) is 18.2 Å². The molecule has 1 atom stereocenters. The van der Waals surface area contributed by atoms with Gasteiger partial charge in [0.1, 0.15) is 0 Å². The Balaban J connectivity index is 3.66. The molecule has 0 aliphatic rings. The second-order valence-electron chi connectivity index (χ2n) is 8.53. The van der Waals surface area contributed by atoms with Crippen LogP contribution in [0.2, 0.25) is 0 Å². The van der Waals surface area contributed by atoms with Gasteiger partial charge in [-0.1, -0.05) is 89.7 Å². The predicted molar refractivity (Wildman–Crippen MR) is 128 cm³/mol. The van der Waals surface area contributed by atoms with Gasteiger partial charge in [-0.05, 0) is 39.5 Å². The number of amides is 1. The van der Waals surface area contributed by atoms with Crippen molar-refractivity contribution in [1.29, 1.82) is 0 Å². The molecule has 0 rings (SSSR count). The summed E-state index contributed by atoms with van der Waals surface area (Å²) in [6.07, 6.45) is 23.0. The van der Waals surface area contributed by atoms with Gasteiger partial charge in [0.2, 0.25) is 5.91 Å². The molecule has 0 aromatic carbocycles. The number of nitrogens with zero attached hydrogens (tertiary/aromatic N) is 1. The maximum Gasteiger partial charge on any atom is 0.304 e. The first-order valence-corrected chi connectivity index (χ1v) is 12.7. The highest BCUT2D eigenvalue weighted by Gasteiger charge is 2.24. The number of carboxylic acids is 1. The van der Waals surface area contributed by atoms with Crippen molar-refractivity contribution in [3.63, 3.8) is 0 Å². The number of hydrogen-bond acceptors (Lipinski definition) is 2. The monoisotopic (exact) mass is 423 g/mol. The molecular formula is C26H49NO3.